The third-order valence-corrected chi connectivity index (χ3v) is 4.37. The number of nitro benzene ring substituents is 1. The van der Waals surface area contributed by atoms with Crippen LogP contribution in [0.2, 0.25) is 0 Å². The minimum Gasteiger partial charge on any atom is -0.494 e. The normalized spacial score (nSPS) is 11.9. The van der Waals surface area contributed by atoms with E-state index in [-0.39, 0.29) is 17.8 Å². The van der Waals surface area contributed by atoms with Crippen LogP contribution in [0.5, 0.6) is 5.75 Å². The van der Waals surface area contributed by atoms with E-state index in [1.165, 1.54) is 18.2 Å². The summed E-state index contributed by atoms with van der Waals surface area (Å²) in [6, 6.07) is 3.02. The first-order valence-electron chi connectivity index (χ1n) is 9.71. The van der Waals surface area contributed by atoms with Crippen molar-refractivity contribution in [3.8, 4) is 5.75 Å². The molecule has 1 rings (SSSR count). The van der Waals surface area contributed by atoms with Gasteiger partial charge in [-0.2, -0.15) is 0 Å². The maximum atomic E-state index is 12.3. The minimum atomic E-state index is -1.15. The largest absolute Gasteiger partial charge is 0.494 e. The molecule has 0 fully saturated rings. The molecule has 29 heavy (non-hydrogen) atoms. The van der Waals surface area contributed by atoms with Crippen LogP contribution in [-0.2, 0) is 9.59 Å². The minimum absolute atomic E-state index is 0.00544. The van der Waals surface area contributed by atoms with Crippen LogP contribution >= 0.6 is 0 Å². The van der Waals surface area contributed by atoms with Crippen molar-refractivity contribution in [3.63, 3.8) is 0 Å². The van der Waals surface area contributed by atoms with Crippen molar-refractivity contribution in [2.24, 2.45) is 0 Å². The SMILES string of the molecule is CCOc1ccc(NC(=O)CC(NCCCN(CC)CC)C(=O)O)c([N+](=O)[O-])c1. The quantitative estimate of drug-likeness (QED) is 0.241. The number of benzene rings is 1. The van der Waals surface area contributed by atoms with Gasteiger partial charge in [0.25, 0.3) is 5.69 Å². The van der Waals surface area contributed by atoms with Gasteiger partial charge in [-0.15, -0.1) is 0 Å². The summed E-state index contributed by atoms with van der Waals surface area (Å²) in [4.78, 5) is 36.6. The Morgan fingerprint density at radius 2 is 1.97 bits per heavy atom. The second-order valence-electron chi connectivity index (χ2n) is 6.35. The topological polar surface area (TPSA) is 134 Å². The number of carboxylic acids is 1. The van der Waals surface area contributed by atoms with Gasteiger partial charge in [0.05, 0.1) is 24.0 Å². The van der Waals surface area contributed by atoms with Gasteiger partial charge in [-0.25, -0.2) is 0 Å². The van der Waals surface area contributed by atoms with Crippen molar-refractivity contribution in [1.29, 1.82) is 0 Å². The molecule has 1 amide bonds. The van der Waals surface area contributed by atoms with Gasteiger partial charge in [-0.1, -0.05) is 13.8 Å². The van der Waals surface area contributed by atoms with Crippen molar-refractivity contribution in [1.82, 2.24) is 10.2 Å². The lowest BCUT2D eigenvalue weighted by molar-refractivity contribution is -0.384. The van der Waals surface area contributed by atoms with Gasteiger partial charge in [0.15, 0.2) is 0 Å². The van der Waals surface area contributed by atoms with Gasteiger partial charge in [-0.3, -0.25) is 19.7 Å². The number of carbonyl (C=O) groups excluding carboxylic acids is 1. The molecule has 0 heterocycles. The molecule has 0 aliphatic carbocycles. The zero-order chi connectivity index (χ0) is 21.8. The van der Waals surface area contributed by atoms with E-state index < -0.39 is 22.8 Å². The van der Waals surface area contributed by atoms with Crippen molar-refractivity contribution in [2.75, 3.05) is 38.1 Å². The Labute approximate surface area is 170 Å². The predicted octanol–water partition coefficient (Wildman–Crippen LogP) is 2.10. The number of hydrogen-bond acceptors (Lipinski definition) is 7. The number of nitrogens with one attached hydrogen (secondary N) is 2. The molecule has 1 atom stereocenters. The van der Waals surface area contributed by atoms with Gasteiger partial charge in [0.2, 0.25) is 5.91 Å². The van der Waals surface area contributed by atoms with Gasteiger partial charge in [0.1, 0.15) is 17.5 Å². The second-order valence-corrected chi connectivity index (χ2v) is 6.35. The van der Waals surface area contributed by atoms with Crippen LogP contribution in [0.25, 0.3) is 0 Å². The molecule has 0 spiro atoms. The van der Waals surface area contributed by atoms with Crippen LogP contribution in [0.15, 0.2) is 18.2 Å². The van der Waals surface area contributed by atoms with Crippen LogP contribution in [0, 0.1) is 10.1 Å². The number of anilines is 1. The van der Waals surface area contributed by atoms with Crippen LogP contribution in [0.4, 0.5) is 11.4 Å². The highest BCUT2D eigenvalue weighted by molar-refractivity contribution is 5.95. The predicted molar refractivity (Wildman–Crippen MR) is 109 cm³/mol. The lowest BCUT2D eigenvalue weighted by Crippen LogP contribution is -2.41. The van der Waals surface area contributed by atoms with E-state index in [1.807, 2.05) is 0 Å². The van der Waals surface area contributed by atoms with Crippen LogP contribution in [-0.4, -0.2) is 65.6 Å². The third-order valence-electron chi connectivity index (χ3n) is 4.37. The molecule has 1 unspecified atom stereocenters. The number of nitro groups is 1. The molecule has 1 aromatic carbocycles. The Bertz CT molecular complexity index is 693. The summed E-state index contributed by atoms with van der Waals surface area (Å²) in [7, 11) is 0. The molecule has 0 saturated carbocycles. The summed E-state index contributed by atoms with van der Waals surface area (Å²) in [5.74, 6) is -1.46. The number of aliphatic carboxylic acids is 1. The number of carboxylic acid groups (broad SMARTS) is 1. The summed E-state index contributed by atoms with van der Waals surface area (Å²) in [5, 5.41) is 25.9. The Kier molecular flexibility index (Phi) is 10.6. The van der Waals surface area contributed by atoms with Crippen molar-refractivity contribution in [3.05, 3.63) is 28.3 Å². The lowest BCUT2D eigenvalue weighted by atomic mass is 10.1. The molecule has 0 bridgehead atoms. The van der Waals surface area contributed by atoms with E-state index in [0.717, 1.165) is 26.1 Å². The summed E-state index contributed by atoms with van der Waals surface area (Å²) in [6.45, 7) is 9.33. The fourth-order valence-electron chi connectivity index (χ4n) is 2.78. The first-order valence-corrected chi connectivity index (χ1v) is 9.71. The Morgan fingerprint density at radius 1 is 1.28 bits per heavy atom. The zero-order valence-corrected chi connectivity index (χ0v) is 17.1. The highest BCUT2D eigenvalue weighted by atomic mass is 16.6. The summed E-state index contributed by atoms with van der Waals surface area (Å²) in [5.41, 5.74) is -0.322. The van der Waals surface area contributed by atoms with Gasteiger partial charge in [-0.05, 0) is 51.7 Å². The van der Waals surface area contributed by atoms with Crippen LogP contribution < -0.4 is 15.4 Å². The molecule has 10 heteroatoms. The van der Waals surface area contributed by atoms with E-state index >= 15 is 0 Å². The van der Waals surface area contributed by atoms with E-state index in [9.17, 15) is 24.8 Å². The highest BCUT2D eigenvalue weighted by Crippen LogP contribution is 2.29. The van der Waals surface area contributed by atoms with E-state index in [4.69, 9.17) is 4.74 Å². The highest BCUT2D eigenvalue weighted by Gasteiger charge is 2.23. The molecule has 0 aliphatic rings. The number of nitrogens with zero attached hydrogens (tertiary/aromatic N) is 2. The third kappa shape index (κ3) is 8.44. The number of ether oxygens (including phenoxy) is 1. The van der Waals surface area contributed by atoms with Gasteiger partial charge >= 0.3 is 5.97 Å². The van der Waals surface area contributed by atoms with Crippen molar-refractivity contribution < 1.29 is 24.4 Å². The maximum Gasteiger partial charge on any atom is 0.321 e. The monoisotopic (exact) mass is 410 g/mol. The van der Waals surface area contributed by atoms with Crippen LogP contribution in [0.3, 0.4) is 0 Å². The van der Waals surface area contributed by atoms with E-state index in [0.29, 0.717) is 18.9 Å². The molecule has 0 radical (unpaired) electrons. The summed E-state index contributed by atoms with van der Waals surface area (Å²) >= 11 is 0. The first kappa shape index (κ1) is 24.3. The average molecular weight is 410 g/mol. The fraction of sp³-hybridized carbons (Fsp3) is 0.579. The standard InChI is InChI=1S/C19H30N4O6/c1-4-22(5-2)11-7-10-20-16(19(25)26)13-18(24)21-15-9-8-14(29-6-3)12-17(15)23(27)28/h8-9,12,16,20H,4-7,10-11,13H2,1-3H3,(H,21,24)(H,25,26). The molecule has 0 saturated heterocycles. The van der Waals surface area contributed by atoms with Gasteiger partial charge in [0, 0.05) is 0 Å². The lowest BCUT2D eigenvalue weighted by Gasteiger charge is -2.19. The smallest absolute Gasteiger partial charge is 0.321 e. The fourth-order valence-corrected chi connectivity index (χ4v) is 2.78. The van der Waals surface area contributed by atoms with Crippen LogP contribution in [0.1, 0.15) is 33.6 Å². The molecule has 162 valence electrons. The first-order chi connectivity index (χ1) is 13.8. The number of rotatable bonds is 14. The second kappa shape index (κ2) is 12.7. The molecule has 3 N–H and O–H groups in total. The number of amides is 1. The summed E-state index contributed by atoms with van der Waals surface area (Å²) in [6.07, 6.45) is 0.405. The van der Waals surface area contributed by atoms with E-state index in [1.54, 1.807) is 6.92 Å². The van der Waals surface area contributed by atoms with Gasteiger partial charge < -0.3 is 25.4 Å². The molecule has 1 aromatic rings. The molecular weight excluding hydrogens is 380 g/mol. The average Bonchev–Trinajstić information content (AvgIpc) is 2.68. The Hall–Kier alpha value is -2.72. The molecule has 0 aliphatic heterocycles. The Balaban J connectivity index is 2.67. The molecular formula is C19H30N4O6. The summed E-state index contributed by atoms with van der Waals surface area (Å²) < 4.78 is 5.23. The zero-order valence-electron chi connectivity index (χ0n) is 17.1. The molecule has 0 aromatic heterocycles. The Morgan fingerprint density at radius 3 is 2.52 bits per heavy atom. The number of hydrogen-bond donors (Lipinski definition) is 3. The van der Waals surface area contributed by atoms with Crippen molar-refractivity contribution >= 4 is 23.3 Å². The van der Waals surface area contributed by atoms with E-state index in [2.05, 4.69) is 29.4 Å². The maximum absolute atomic E-state index is 12.3. The number of carbonyl (C=O) groups is 2. The molecule has 10 nitrogen and oxygen atoms in total. The van der Waals surface area contributed by atoms with Crippen molar-refractivity contribution in [2.45, 2.75) is 39.7 Å².